The van der Waals surface area contributed by atoms with Crippen LogP contribution in [0.1, 0.15) is 45.4 Å². The number of rotatable bonds is 2. The second kappa shape index (κ2) is 5.32. The first-order chi connectivity index (χ1) is 8.77. The molecule has 3 nitrogen and oxygen atoms in total. The van der Waals surface area contributed by atoms with Gasteiger partial charge in [-0.15, -0.1) is 0 Å². The van der Waals surface area contributed by atoms with Crippen molar-refractivity contribution < 1.29 is 9.47 Å². The molecule has 3 rings (SSSR count). The third-order valence-electron chi connectivity index (χ3n) is 4.77. The topological polar surface area (TPSA) is 30.5 Å². The van der Waals surface area contributed by atoms with Gasteiger partial charge in [0, 0.05) is 12.6 Å². The number of nitrogens with one attached hydrogen (secondary N) is 1. The summed E-state index contributed by atoms with van der Waals surface area (Å²) in [6.45, 7) is 5.97. The normalized spacial score (nSPS) is 34.2. The molecule has 2 saturated heterocycles. The predicted octanol–water partition coefficient (Wildman–Crippen LogP) is 2.41. The van der Waals surface area contributed by atoms with Crippen LogP contribution in [0.5, 0.6) is 0 Å². The zero-order valence-electron chi connectivity index (χ0n) is 11.5. The van der Waals surface area contributed by atoms with Crippen LogP contribution in [0.4, 0.5) is 0 Å². The van der Waals surface area contributed by atoms with E-state index in [-0.39, 0.29) is 5.60 Å². The van der Waals surface area contributed by atoms with E-state index in [1.54, 1.807) is 11.1 Å². The highest BCUT2D eigenvalue weighted by atomic mass is 16.5. The zero-order chi connectivity index (χ0) is 12.4. The molecule has 102 valence electrons. The Hall–Kier alpha value is -0.380. The molecule has 0 aromatic rings. The molecule has 1 saturated carbocycles. The molecule has 1 aliphatic carbocycles. The quantitative estimate of drug-likeness (QED) is 0.765. The van der Waals surface area contributed by atoms with Gasteiger partial charge in [-0.05, 0) is 45.4 Å². The van der Waals surface area contributed by atoms with Gasteiger partial charge in [0.2, 0.25) is 0 Å². The van der Waals surface area contributed by atoms with Gasteiger partial charge >= 0.3 is 0 Å². The fourth-order valence-corrected chi connectivity index (χ4v) is 3.44. The minimum Gasteiger partial charge on any atom is -0.379 e. The van der Waals surface area contributed by atoms with E-state index in [0.29, 0.717) is 6.04 Å². The van der Waals surface area contributed by atoms with Gasteiger partial charge in [-0.3, -0.25) is 0 Å². The second-order valence-electron chi connectivity index (χ2n) is 6.13. The first kappa shape index (κ1) is 12.6. The maximum absolute atomic E-state index is 6.00. The number of morpholine rings is 1. The lowest BCUT2D eigenvalue weighted by Crippen LogP contribution is -2.44. The third kappa shape index (κ3) is 2.63. The first-order valence-corrected chi connectivity index (χ1v) is 7.40. The summed E-state index contributed by atoms with van der Waals surface area (Å²) >= 11 is 0. The summed E-state index contributed by atoms with van der Waals surface area (Å²) in [5, 5.41) is 3.55. The number of hydrogen-bond acceptors (Lipinski definition) is 3. The maximum atomic E-state index is 6.00. The van der Waals surface area contributed by atoms with Gasteiger partial charge in [0.05, 0.1) is 25.4 Å². The summed E-state index contributed by atoms with van der Waals surface area (Å²) in [7, 11) is 0. The summed E-state index contributed by atoms with van der Waals surface area (Å²) in [5.74, 6) is 0. The Kier molecular flexibility index (Phi) is 3.73. The van der Waals surface area contributed by atoms with Crippen molar-refractivity contribution in [3.8, 4) is 0 Å². The van der Waals surface area contributed by atoms with Gasteiger partial charge in [-0.2, -0.15) is 0 Å². The minimum absolute atomic E-state index is 0.241. The van der Waals surface area contributed by atoms with E-state index < -0.39 is 0 Å². The Bertz CT molecular complexity index is 327. The van der Waals surface area contributed by atoms with E-state index in [0.717, 1.165) is 39.2 Å². The summed E-state index contributed by atoms with van der Waals surface area (Å²) in [5.41, 5.74) is 3.48. The third-order valence-corrected chi connectivity index (χ3v) is 4.77. The molecule has 0 amide bonds. The molecule has 3 fully saturated rings. The van der Waals surface area contributed by atoms with Crippen molar-refractivity contribution in [2.24, 2.45) is 0 Å². The largest absolute Gasteiger partial charge is 0.379 e. The Morgan fingerprint density at radius 1 is 1.39 bits per heavy atom. The number of hydrogen-bond donors (Lipinski definition) is 1. The predicted molar refractivity (Wildman–Crippen MR) is 71.7 cm³/mol. The summed E-state index contributed by atoms with van der Waals surface area (Å²) in [4.78, 5) is 0. The molecule has 1 N–H and O–H groups in total. The van der Waals surface area contributed by atoms with Crippen LogP contribution in [0.25, 0.3) is 0 Å². The Labute approximate surface area is 110 Å². The standard InChI is InChI=1S/C15H25NO2/c1-12(9-14-11-17-8-6-16-14)13-3-7-18-15(10-13)4-2-5-15/h14,16H,2-11H2,1H3. The van der Waals surface area contributed by atoms with Crippen LogP contribution in [0.2, 0.25) is 0 Å². The lowest BCUT2D eigenvalue weighted by atomic mass is 9.73. The fourth-order valence-electron chi connectivity index (χ4n) is 3.44. The first-order valence-electron chi connectivity index (χ1n) is 7.40. The highest BCUT2D eigenvalue weighted by Gasteiger charge is 2.41. The minimum atomic E-state index is 0.241. The van der Waals surface area contributed by atoms with Crippen LogP contribution >= 0.6 is 0 Å². The highest BCUT2D eigenvalue weighted by molar-refractivity contribution is 5.19. The molecular formula is C15H25NO2. The Morgan fingerprint density at radius 2 is 2.28 bits per heavy atom. The molecule has 0 radical (unpaired) electrons. The summed E-state index contributed by atoms with van der Waals surface area (Å²) in [6.07, 6.45) is 7.37. The van der Waals surface area contributed by atoms with Gasteiger partial charge in [0.25, 0.3) is 0 Å². The highest BCUT2D eigenvalue weighted by Crippen LogP contribution is 2.44. The molecule has 1 spiro atoms. The number of ether oxygens (including phenoxy) is 2. The summed E-state index contributed by atoms with van der Waals surface area (Å²) in [6, 6.07) is 0.520. The second-order valence-corrected chi connectivity index (χ2v) is 6.13. The smallest absolute Gasteiger partial charge is 0.0719 e. The van der Waals surface area contributed by atoms with E-state index in [1.165, 1.54) is 25.7 Å². The molecule has 1 unspecified atom stereocenters. The molecule has 0 bridgehead atoms. The van der Waals surface area contributed by atoms with Crippen molar-refractivity contribution in [2.45, 2.75) is 57.1 Å². The van der Waals surface area contributed by atoms with Crippen molar-refractivity contribution in [3.63, 3.8) is 0 Å². The van der Waals surface area contributed by atoms with E-state index >= 15 is 0 Å². The maximum Gasteiger partial charge on any atom is 0.0719 e. The van der Waals surface area contributed by atoms with Crippen molar-refractivity contribution in [1.82, 2.24) is 5.32 Å². The molecular weight excluding hydrogens is 226 g/mol. The molecule has 3 aliphatic rings. The molecule has 0 aromatic heterocycles. The van der Waals surface area contributed by atoms with Gasteiger partial charge in [-0.1, -0.05) is 11.1 Å². The SMILES string of the molecule is CC(CC1COCCN1)=C1CCOC2(CCC2)C1. The Balaban J connectivity index is 1.61. The van der Waals surface area contributed by atoms with Crippen molar-refractivity contribution >= 4 is 0 Å². The molecule has 2 heterocycles. The van der Waals surface area contributed by atoms with Crippen molar-refractivity contribution in [2.75, 3.05) is 26.4 Å². The van der Waals surface area contributed by atoms with Crippen LogP contribution in [0.15, 0.2) is 11.1 Å². The van der Waals surface area contributed by atoms with Gasteiger partial charge in [-0.25, -0.2) is 0 Å². The molecule has 2 aliphatic heterocycles. The van der Waals surface area contributed by atoms with Gasteiger partial charge in [0.15, 0.2) is 0 Å². The van der Waals surface area contributed by atoms with E-state index in [1.807, 2.05) is 0 Å². The lowest BCUT2D eigenvalue weighted by molar-refractivity contribution is -0.113. The molecule has 1 atom stereocenters. The molecule has 18 heavy (non-hydrogen) atoms. The summed E-state index contributed by atoms with van der Waals surface area (Å²) < 4.78 is 11.5. The van der Waals surface area contributed by atoms with Crippen molar-refractivity contribution in [3.05, 3.63) is 11.1 Å². The average molecular weight is 251 g/mol. The van der Waals surface area contributed by atoms with Crippen LogP contribution in [-0.4, -0.2) is 38.0 Å². The van der Waals surface area contributed by atoms with Crippen molar-refractivity contribution in [1.29, 1.82) is 0 Å². The van der Waals surface area contributed by atoms with E-state index in [9.17, 15) is 0 Å². The van der Waals surface area contributed by atoms with Gasteiger partial charge < -0.3 is 14.8 Å². The van der Waals surface area contributed by atoms with Crippen LogP contribution in [0, 0.1) is 0 Å². The monoisotopic (exact) mass is 251 g/mol. The molecule has 0 aromatic carbocycles. The lowest BCUT2D eigenvalue weighted by Gasteiger charge is -2.46. The average Bonchev–Trinajstić information content (AvgIpc) is 2.38. The van der Waals surface area contributed by atoms with Crippen LogP contribution in [-0.2, 0) is 9.47 Å². The fraction of sp³-hybridized carbons (Fsp3) is 0.867. The zero-order valence-corrected chi connectivity index (χ0v) is 11.5. The van der Waals surface area contributed by atoms with Crippen LogP contribution < -0.4 is 5.32 Å². The van der Waals surface area contributed by atoms with E-state index in [4.69, 9.17) is 9.47 Å². The van der Waals surface area contributed by atoms with Crippen LogP contribution in [0.3, 0.4) is 0 Å². The van der Waals surface area contributed by atoms with Gasteiger partial charge in [0.1, 0.15) is 0 Å². The Morgan fingerprint density at radius 3 is 2.94 bits per heavy atom. The molecule has 3 heteroatoms. The van der Waals surface area contributed by atoms with E-state index in [2.05, 4.69) is 12.2 Å².